The summed E-state index contributed by atoms with van der Waals surface area (Å²) in [6, 6.07) is 14.4. The zero-order valence-electron chi connectivity index (χ0n) is 21.0. The van der Waals surface area contributed by atoms with Crippen molar-refractivity contribution in [3.05, 3.63) is 76.0 Å². The minimum absolute atomic E-state index is 0.00794. The normalized spacial score (nSPS) is 14.7. The monoisotopic (exact) mass is 466 g/mol. The second kappa shape index (κ2) is 8.65. The lowest BCUT2D eigenvalue weighted by molar-refractivity contribution is 0.0958. The lowest BCUT2D eigenvalue weighted by atomic mass is 10.0. The van der Waals surface area contributed by atoms with E-state index in [2.05, 4.69) is 54.8 Å². The summed E-state index contributed by atoms with van der Waals surface area (Å²) in [5.74, 6) is 1.32. The van der Waals surface area contributed by atoms with Crippen LogP contribution in [0.3, 0.4) is 0 Å². The van der Waals surface area contributed by atoms with Crippen LogP contribution in [0.15, 0.2) is 42.5 Å². The van der Waals surface area contributed by atoms with Gasteiger partial charge in [-0.2, -0.15) is 4.98 Å². The largest absolute Gasteiger partial charge is 0.345 e. The number of rotatable bonds is 5. The molecular weight excluding hydrogens is 436 g/mol. The maximum atomic E-state index is 12.2. The van der Waals surface area contributed by atoms with Gasteiger partial charge in [0.1, 0.15) is 0 Å². The first kappa shape index (κ1) is 22.8. The smallest absolute Gasteiger partial charge is 0.252 e. The number of hydrogen-bond donors (Lipinski definition) is 2. The van der Waals surface area contributed by atoms with Crippen molar-refractivity contribution in [2.45, 2.75) is 54.1 Å². The molecule has 4 aromatic rings. The van der Waals surface area contributed by atoms with E-state index in [1.54, 1.807) is 0 Å². The van der Waals surface area contributed by atoms with Gasteiger partial charge in [-0.3, -0.25) is 9.78 Å². The molecule has 0 saturated heterocycles. The Balaban J connectivity index is 1.47. The van der Waals surface area contributed by atoms with Gasteiger partial charge in [0.15, 0.2) is 5.82 Å². The third kappa shape index (κ3) is 4.18. The number of hydrogen-bond acceptors (Lipinski definition) is 5. The van der Waals surface area contributed by atoms with Crippen LogP contribution in [0.4, 0.5) is 11.6 Å². The number of pyridine rings is 1. The van der Waals surface area contributed by atoms with Gasteiger partial charge in [-0.05, 0) is 94.1 Å². The van der Waals surface area contributed by atoms with Crippen molar-refractivity contribution in [3.63, 3.8) is 0 Å². The number of carbonyl (C=O) groups excluding carboxylic acids is 1. The van der Waals surface area contributed by atoms with E-state index in [1.807, 2.05) is 44.5 Å². The topological polar surface area (TPSA) is 84.7 Å². The fraction of sp³-hybridized carbons (Fsp3) is 0.286. The summed E-state index contributed by atoms with van der Waals surface area (Å²) in [5, 5.41) is 11.2. The molecule has 1 amide bonds. The molecule has 7 nitrogen and oxygen atoms in total. The third-order valence-electron chi connectivity index (χ3n) is 6.53. The van der Waals surface area contributed by atoms with E-state index in [9.17, 15) is 4.79 Å². The molecule has 3 heterocycles. The number of carbonyl (C=O) groups is 1. The van der Waals surface area contributed by atoms with Crippen LogP contribution in [0.2, 0.25) is 0 Å². The van der Waals surface area contributed by atoms with E-state index in [0.29, 0.717) is 18.3 Å². The van der Waals surface area contributed by atoms with Gasteiger partial charge in [0.25, 0.3) is 5.91 Å². The fourth-order valence-corrected chi connectivity index (χ4v) is 4.73. The number of anilines is 2. The molecule has 7 heteroatoms. The van der Waals surface area contributed by atoms with Crippen molar-refractivity contribution >= 4 is 17.5 Å². The van der Waals surface area contributed by atoms with E-state index in [-0.39, 0.29) is 11.9 Å². The molecule has 0 radical (unpaired) electrons. The van der Waals surface area contributed by atoms with Crippen molar-refractivity contribution in [1.82, 2.24) is 25.1 Å². The number of nitrogens with zero attached hydrogens (tertiary/aromatic N) is 4. The van der Waals surface area contributed by atoms with Crippen molar-refractivity contribution in [2.24, 2.45) is 0 Å². The quantitative estimate of drug-likeness (QED) is 0.388. The summed E-state index contributed by atoms with van der Waals surface area (Å²) in [5.41, 5.74) is 10.0. The van der Waals surface area contributed by atoms with Gasteiger partial charge in [-0.1, -0.05) is 12.1 Å². The van der Waals surface area contributed by atoms with Crippen LogP contribution in [-0.2, 0) is 6.54 Å². The average Bonchev–Trinajstić information content (AvgIpc) is 3.33. The number of amides is 1. The van der Waals surface area contributed by atoms with Crippen LogP contribution in [0.25, 0.3) is 22.6 Å². The maximum Gasteiger partial charge on any atom is 0.252 e. The Morgan fingerprint density at radius 1 is 0.971 bits per heavy atom. The molecule has 1 aliphatic heterocycles. The highest BCUT2D eigenvalue weighted by molar-refractivity contribution is 6.00. The van der Waals surface area contributed by atoms with Gasteiger partial charge in [-0.15, -0.1) is 5.10 Å². The molecule has 2 N–H and O–H groups in total. The van der Waals surface area contributed by atoms with Gasteiger partial charge in [-0.25, -0.2) is 4.68 Å². The number of benzene rings is 2. The number of nitrogens with one attached hydrogen (secondary N) is 2. The number of aromatic nitrogens is 4. The first-order valence-electron chi connectivity index (χ1n) is 12.0. The Morgan fingerprint density at radius 2 is 1.77 bits per heavy atom. The van der Waals surface area contributed by atoms with Crippen molar-refractivity contribution in [2.75, 3.05) is 5.32 Å². The predicted octanol–water partition coefficient (Wildman–Crippen LogP) is 5.81. The molecule has 0 saturated carbocycles. The molecule has 2 aromatic carbocycles. The second-order valence-electron chi connectivity index (χ2n) is 9.35. The molecule has 1 atom stereocenters. The van der Waals surface area contributed by atoms with Crippen molar-refractivity contribution < 1.29 is 4.79 Å². The fourth-order valence-electron chi connectivity index (χ4n) is 4.73. The van der Waals surface area contributed by atoms with Crippen molar-refractivity contribution in [1.29, 1.82) is 0 Å². The van der Waals surface area contributed by atoms with Crippen LogP contribution in [0.1, 0.15) is 58.2 Å². The van der Waals surface area contributed by atoms with Crippen LogP contribution in [0.5, 0.6) is 0 Å². The molecule has 178 valence electrons. The summed E-state index contributed by atoms with van der Waals surface area (Å²) in [7, 11) is 0. The highest BCUT2D eigenvalue weighted by atomic mass is 16.2. The minimum atomic E-state index is -0.0176. The zero-order chi connectivity index (χ0) is 24.9. The Bertz CT molecular complexity index is 1450. The minimum Gasteiger partial charge on any atom is -0.345 e. The maximum absolute atomic E-state index is 12.2. The molecule has 35 heavy (non-hydrogen) atoms. The number of aryl methyl sites for hydroxylation is 5. The highest BCUT2D eigenvalue weighted by Gasteiger charge is 2.26. The molecule has 0 aliphatic carbocycles. The van der Waals surface area contributed by atoms with E-state index in [4.69, 9.17) is 15.1 Å². The lowest BCUT2D eigenvalue weighted by Crippen LogP contribution is -2.16. The molecular formula is C28H30N6O. The van der Waals surface area contributed by atoms with Crippen LogP contribution >= 0.6 is 0 Å². The van der Waals surface area contributed by atoms with Gasteiger partial charge in [0.05, 0.1) is 11.7 Å². The van der Waals surface area contributed by atoms with E-state index < -0.39 is 0 Å². The third-order valence-corrected chi connectivity index (χ3v) is 6.53. The first-order chi connectivity index (χ1) is 16.7. The molecule has 1 unspecified atom stereocenters. The molecule has 0 bridgehead atoms. The van der Waals surface area contributed by atoms with Gasteiger partial charge < -0.3 is 10.6 Å². The van der Waals surface area contributed by atoms with Gasteiger partial charge >= 0.3 is 0 Å². The molecule has 0 fully saturated rings. The standard InChI is InChI=1S/C28H30N6O/c1-7-34-28(31-24-14-22-19(6)30-27(35)23(22)13-17(24)4)32-26(33-34)20-8-9-21(16(3)12-20)25-11-15(2)10-18(5)29-25/h8-14,19H,7H2,1-6H3,(H,30,35)(H,31,32,33). The first-order valence-corrected chi connectivity index (χ1v) is 12.0. The Morgan fingerprint density at radius 3 is 2.49 bits per heavy atom. The summed E-state index contributed by atoms with van der Waals surface area (Å²) in [4.78, 5) is 21.7. The number of fused-ring (bicyclic) bond motifs is 1. The van der Waals surface area contributed by atoms with Gasteiger partial charge in [0.2, 0.25) is 5.95 Å². The van der Waals surface area contributed by atoms with Crippen LogP contribution in [-0.4, -0.2) is 25.7 Å². The lowest BCUT2D eigenvalue weighted by Gasteiger charge is -2.12. The molecule has 2 aromatic heterocycles. The Kier molecular flexibility index (Phi) is 5.63. The zero-order valence-corrected chi connectivity index (χ0v) is 21.0. The van der Waals surface area contributed by atoms with Gasteiger partial charge in [0, 0.05) is 34.6 Å². The van der Waals surface area contributed by atoms with Crippen LogP contribution < -0.4 is 10.6 Å². The van der Waals surface area contributed by atoms with E-state index >= 15 is 0 Å². The average molecular weight is 467 g/mol. The summed E-state index contributed by atoms with van der Waals surface area (Å²) in [6.45, 7) is 12.9. The summed E-state index contributed by atoms with van der Waals surface area (Å²) >= 11 is 0. The Labute approximate surface area is 205 Å². The highest BCUT2D eigenvalue weighted by Crippen LogP contribution is 2.32. The molecule has 0 spiro atoms. The SMILES string of the molecule is CCn1nc(-c2ccc(-c3cc(C)cc(C)n3)c(C)c2)nc1Nc1cc2c(cc1C)C(=O)NC2C. The second-order valence-corrected chi connectivity index (χ2v) is 9.35. The van der Waals surface area contributed by atoms with E-state index in [0.717, 1.165) is 50.5 Å². The summed E-state index contributed by atoms with van der Waals surface area (Å²) < 4.78 is 1.86. The Hall–Kier alpha value is -4.00. The summed E-state index contributed by atoms with van der Waals surface area (Å²) in [6.07, 6.45) is 0. The van der Waals surface area contributed by atoms with Crippen molar-refractivity contribution in [3.8, 4) is 22.6 Å². The molecule has 5 rings (SSSR count). The van der Waals surface area contributed by atoms with E-state index in [1.165, 1.54) is 5.56 Å². The molecule has 1 aliphatic rings. The van der Waals surface area contributed by atoms with Crippen LogP contribution in [0, 0.1) is 27.7 Å². The predicted molar refractivity (Wildman–Crippen MR) is 139 cm³/mol.